The van der Waals surface area contributed by atoms with Crippen LogP contribution in [-0.2, 0) is 4.79 Å². The van der Waals surface area contributed by atoms with E-state index in [1.807, 2.05) is 0 Å². The third-order valence-corrected chi connectivity index (χ3v) is 4.13. The summed E-state index contributed by atoms with van der Waals surface area (Å²) < 4.78 is 38.2. The Bertz CT molecular complexity index is 592. The van der Waals surface area contributed by atoms with Crippen LogP contribution in [0.3, 0.4) is 0 Å². The lowest BCUT2D eigenvalue weighted by Crippen LogP contribution is -2.42. The molecule has 1 amide bonds. The monoisotopic (exact) mass is 304 g/mol. The van der Waals surface area contributed by atoms with E-state index < -0.39 is 18.0 Å². The van der Waals surface area contributed by atoms with Gasteiger partial charge in [-0.05, 0) is 13.3 Å². The van der Waals surface area contributed by atoms with Gasteiger partial charge in [-0.25, -0.2) is 4.98 Å². The van der Waals surface area contributed by atoms with Gasteiger partial charge in [0.2, 0.25) is 5.91 Å². The van der Waals surface area contributed by atoms with Crippen molar-refractivity contribution < 1.29 is 22.8 Å². The fourth-order valence-electron chi connectivity index (χ4n) is 1.89. The van der Waals surface area contributed by atoms with Crippen molar-refractivity contribution in [1.82, 2.24) is 4.98 Å². The SMILES string of the molecule is CC(=O)c1sc(N2C=CCC(C(F)(F)F)C2=O)nc1C. The summed E-state index contributed by atoms with van der Waals surface area (Å²) in [4.78, 5) is 28.5. The number of hydrogen-bond acceptors (Lipinski definition) is 4. The third-order valence-electron chi connectivity index (χ3n) is 2.87. The molecule has 0 fully saturated rings. The molecule has 1 aliphatic rings. The lowest BCUT2D eigenvalue weighted by Gasteiger charge is -2.27. The van der Waals surface area contributed by atoms with Crippen molar-refractivity contribution in [1.29, 1.82) is 0 Å². The number of carbonyl (C=O) groups is 2. The van der Waals surface area contributed by atoms with E-state index in [9.17, 15) is 22.8 Å². The van der Waals surface area contributed by atoms with Crippen LogP contribution in [0.1, 0.15) is 28.7 Å². The lowest BCUT2D eigenvalue weighted by molar-refractivity contribution is -0.180. The molecule has 4 nitrogen and oxygen atoms in total. The van der Waals surface area contributed by atoms with E-state index in [4.69, 9.17) is 0 Å². The highest BCUT2D eigenvalue weighted by Crippen LogP contribution is 2.36. The molecule has 8 heteroatoms. The zero-order valence-electron chi connectivity index (χ0n) is 10.7. The van der Waals surface area contributed by atoms with Crippen molar-refractivity contribution in [2.24, 2.45) is 5.92 Å². The highest BCUT2D eigenvalue weighted by Gasteiger charge is 2.47. The maximum Gasteiger partial charge on any atom is 0.400 e. The summed E-state index contributed by atoms with van der Waals surface area (Å²) in [5.41, 5.74) is 0.410. The molecule has 1 unspecified atom stereocenters. The molecule has 108 valence electrons. The summed E-state index contributed by atoms with van der Waals surface area (Å²) >= 11 is 0.916. The van der Waals surface area contributed by atoms with Gasteiger partial charge in [-0.15, -0.1) is 0 Å². The Morgan fingerprint density at radius 1 is 1.50 bits per heavy atom. The van der Waals surface area contributed by atoms with Gasteiger partial charge in [0.25, 0.3) is 0 Å². The van der Waals surface area contributed by atoms with Gasteiger partial charge in [0, 0.05) is 13.1 Å². The Hall–Kier alpha value is -1.70. The summed E-state index contributed by atoms with van der Waals surface area (Å²) in [6.45, 7) is 2.92. The normalized spacial score (nSPS) is 19.6. The van der Waals surface area contributed by atoms with E-state index in [2.05, 4.69) is 4.98 Å². The summed E-state index contributed by atoms with van der Waals surface area (Å²) in [7, 11) is 0. The summed E-state index contributed by atoms with van der Waals surface area (Å²) in [6, 6.07) is 0. The number of halogens is 3. The zero-order chi connectivity index (χ0) is 15.1. The maximum atomic E-state index is 12.7. The number of hydrogen-bond donors (Lipinski definition) is 0. The van der Waals surface area contributed by atoms with Gasteiger partial charge in [-0.2, -0.15) is 13.2 Å². The van der Waals surface area contributed by atoms with Crippen LogP contribution in [0.4, 0.5) is 18.3 Å². The van der Waals surface area contributed by atoms with Gasteiger partial charge in [-0.3, -0.25) is 14.5 Å². The van der Waals surface area contributed by atoms with Gasteiger partial charge < -0.3 is 0 Å². The van der Waals surface area contributed by atoms with E-state index >= 15 is 0 Å². The largest absolute Gasteiger partial charge is 0.400 e. The van der Waals surface area contributed by atoms with Crippen LogP contribution >= 0.6 is 11.3 Å². The summed E-state index contributed by atoms with van der Waals surface area (Å²) in [5.74, 6) is -3.35. The van der Waals surface area contributed by atoms with Crippen LogP contribution in [0.5, 0.6) is 0 Å². The average Bonchev–Trinajstić information content (AvgIpc) is 2.70. The Labute approximate surface area is 116 Å². The van der Waals surface area contributed by atoms with Crippen LogP contribution in [0.2, 0.25) is 0 Å². The van der Waals surface area contributed by atoms with Crippen molar-refractivity contribution in [3.8, 4) is 0 Å². The molecule has 1 aromatic rings. The number of nitrogens with zero attached hydrogens (tertiary/aromatic N) is 2. The predicted molar refractivity (Wildman–Crippen MR) is 67.6 cm³/mol. The van der Waals surface area contributed by atoms with Crippen molar-refractivity contribution in [2.75, 3.05) is 4.90 Å². The van der Waals surface area contributed by atoms with Crippen molar-refractivity contribution >= 4 is 28.2 Å². The first-order valence-corrected chi connectivity index (χ1v) is 6.58. The molecule has 2 heterocycles. The second-order valence-electron chi connectivity index (χ2n) is 4.39. The van der Waals surface area contributed by atoms with Gasteiger partial charge >= 0.3 is 6.18 Å². The number of aromatic nitrogens is 1. The fourth-order valence-corrected chi connectivity index (χ4v) is 2.84. The number of allylic oxidation sites excluding steroid dienone is 1. The molecule has 0 aliphatic carbocycles. The summed E-state index contributed by atoms with van der Waals surface area (Å²) in [6.07, 6.45) is -2.41. The Balaban J connectivity index is 2.36. The zero-order valence-corrected chi connectivity index (χ0v) is 11.5. The lowest BCUT2D eigenvalue weighted by atomic mass is 10.0. The third kappa shape index (κ3) is 2.60. The van der Waals surface area contributed by atoms with Crippen LogP contribution in [0.15, 0.2) is 12.3 Å². The van der Waals surface area contributed by atoms with Crippen molar-refractivity contribution in [3.05, 3.63) is 22.8 Å². The molecule has 0 N–H and O–H groups in total. The Morgan fingerprint density at radius 2 is 2.15 bits per heavy atom. The molecule has 2 rings (SSSR count). The minimum absolute atomic E-state index is 0.0860. The molecule has 0 aromatic carbocycles. The number of carbonyl (C=O) groups excluding carboxylic acids is 2. The smallest absolute Gasteiger partial charge is 0.294 e. The number of rotatable bonds is 2. The Kier molecular flexibility index (Phi) is 3.68. The highest BCUT2D eigenvalue weighted by atomic mass is 32.1. The Morgan fingerprint density at radius 3 is 2.65 bits per heavy atom. The molecule has 0 spiro atoms. The quantitative estimate of drug-likeness (QED) is 0.789. The second kappa shape index (κ2) is 5.01. The molecule has 1 aromatic heterocycles. The van der Waals surface area contributed by atoms with E-state index in [1.165, 1.54) is 19.2 Å². The molecule has 0 bridgehead atoms. The van der Waals surface area contributed by atoms with Crippen molar-refractivity contribution in [3.63, 3.8) is 0 Å². The van der Waals surface area contributed by atoms with Crippen LogP contribution in [0, 0.1) is 12.8 Å². The highest BCUT2D eigenvalue weighted by molar-refractivity contribution is 7.17. The van der Waals surface area contributed by atoms with Crippen LogP contribution in [0.25, 0.3) is 0 Å². The first-order valence-electron chi connectivity index (χ1n) is 5.76. The minimum atomic E-state index is -4.59. The van der Waals surface area contributed by atoms with Crippen molar-refractivity contribution in [2.45, 2.75) is 26.4 Å². The molecule has 20 heavy (non-hydrogen) atoms. The first-order chi connectivity index (χ1) is 9.21. The topological polar surface area (TPSA) is 50.3 Å². The minimum Gasteiger partial charge on any atom is -0.294 e. The molecular weight excluding hydrogens is 293 g/mol. The summed E-state index contributed by atoms with van der Waals surface area (Å²) in [5, 5.41) is 0.0860. The predicted octanol–water partition coefficient (Wildman–Crippen LogP) is 3.08. The molecule has 1 aliphatic heterocycles. The molecule has 1 atom stereocenters. The van der Waals surface area contributed by atoms with E-state index in [0.29, 0.717) is 10.6 Å². The van der Waals surface area contributed by atoms with E-state index in [0.717, 1.165) is 16.2 Å². The number of amides is 1. The second-order valence-corrected chi connectivity index (χ2v) is 5.37. The van der Waals surface area contributed by atoms with E-state index in [-0.39, 0.29) is 17.3 Å². The van der Waals surface area contributed by atoms with E-state index in [1.54, 1.807) is 6.92 Å². The number of thiazole rings is 1. The first kappa shape index (κ1) is 14.7. The van der Waals surface area contributed by atoms with Gasteiger partial charge in [0.15, 0.2) is 10.9 Å². The van der Waals surface area contributed by atoms with Crippen LogP contribution in [-0.4, -0.2) is 22.9 Å². The van der Waals surface area contributed by atoms with Gasteiger partial charge in [-0.1, -0.05) is 17.4 Å². The number of alkyl halides is 3. The maximum absolute atomic E-state index is 12.7. The number of anilines is 1. The number of aryl methyl sites for hydroxylation is 1. The average molecular weight is 304 g/mol. The fraction of sp³-hybridized carbons (Fsp3) is 0.417. The molecule has 0 saturated heterocycles. The number of Topliss-reactive ketones (excluding diaryl/α,β-unsaturated/α-hetero) is 1. The van der Waals surface area contributed by atoms with Crippen LogP contribution < -0.4 is 4.90 Å². The standard InChI is InChI=1S/C12H11F3N2O2S/c1-6-9(7(2)18)20-11(16-6)17-5-3-4-8(10(17)19)12(13,14)15/h3,5,8H,4H2,1-2H3. The molecular formula is C12H11F3N2O2S. The van der Waals surface area contributed by atoms with Gasteiger partial charge in [0.1, 0.15) is 5.92 Å². The molecule has 0 saturated carbocycles. The number of ketones is 1. The molecule has 0 radical (unpaired) electrons. The van der Waals surface area contributed by atoms with Gasteiger partial charge in [0.05, 0.1) is 10.6 Å².